The molecule has 0 spiro atoms. The summed E-state index contributed by atoms with van der Waals surface area (Å²) in [7, 11) is 0. The molecule has 4 heterocycles. The van der Waals surface area contributed by atoms with Crippen molar-refractivity contribution >= 4 is 11.7 Å². The molecule has 1 saturated heterocycles. The number of carbonyl (C=O) groups is 1. The summed E-state index contributed by atoms with van der Waals surface area (Å²) in [6.07, 6.45) is 3.67. The SMILES string of the molecule is Cc1cc(-n2ccc(C(=O)N3CCN(c4ccc[nH]4)CC3)n2)n[nH]1. The van der Waals surface area contributed by atoms with Gasteiger partial charge in [0.1, 0.15) is 5.82 Å². The molecular formula is C16H19N7O. The maximum atomic E-state index is 12.6. The van der Waals surface area contributed by atoms with Crippen molar-refractivity contribution in [3.8, 4) is 5.82 Å². The molecular weight excluding hydrogens is 306 g/mol. The first-order valence-corrected chi connectivity index (χ1v) is 7.96. The highest BCUT2D eigenvalue weighted by Gasteiger charge is 2.24. The van der Waals surface area contributed by atoms with Gasteiger partial charge in [-0.2, -0.15) is 10.2 Å². The Morgan fingerprint density at radius 3 is 2.71 bits per heavy atom. The summed E-state index contributed by atoms with van der Waals surface area (Å²) in [4.78, 5) is 19.9. The number of H-pyrrole nitrogens is 2. The van der Waals surface area contributed by atoms with Crippen LogP contribution in [0.2, 0.25) is 0 Å². The first-order chi connectivity index (χ1) is 11.7. The molecule has 0 atom stereocenters. The fourth-order valence-electron chi connectivity index (χ4n) is 2.92. The first-order valence-electron chi connectivity index (χ1n) is 7.96. The highest BCUT2D eigenvalue weighted by Crippen LogP contribution is 2.15. The Labute approximate surface area is 139 Å². The summed E-state index contributed by atoms with van der Waals surface area (Å²) in [5.74, 6) is 1.75. The Bertz CT molecular complexity index is 824. The van der Waals surface area contributed by atoms with E-state index in [-0.39, 0.29) is 5.91 Å². The molecule has 8 nitrogen and oxygen atoms in total. The van der Waals surface area contributed by atoms with Crippen LogP contribution in [0.4, 0.5) is 5.82 Å². The molecule has 1 aliphatic heterocycles. The Kier molecular flexibility index (Phi) is 3.56. The zero-order chi connectivity index (χ0) is 16.5. The van der Waals surface area contributed by atoms with Crippen molar-refractivity contribution in [3.05, 3.63) is 48.0 Å². The number of piperazine rings is 1. The monoisotopic (exact) mass is 325 g/mol. The summed E-state index contributed by atoms with van der Waals surface area (Å²) in [6.45, 7) is 4.92. The van der Waals surface area contributed by atoms with Crippen LogP contribution in [0.5, 0.6) is 0 Å². The standard InChI is InChI=1S/C16H19N7O/c1-12-11-15(19-18-12)23-6-4-13(20-23)16(24)22-9-7-21(8-10-22)14-3-2-5-17-14/h2-6,11,17H,7-10H2,1H3,(H,18,19). The average Bonchev–Trinajstić information content (AvgIpc) is 3.35. The summed E-state index contributed by atoms with van der Waals surface area (Å²) in [5.41, 5.74) is 1.40. The second kappa shape index (κ2) is 5.88. The lowest BCUT2D eigenvalue weighted by Gasteiger charge is -2.34. The second-order valence-electron chi connectivity index (χ2n) is 5.89. The van der Waals surface area contributed by atoms with Gasteiger partial charge in [-0.05, 0) is 25.1 Å². The molecule has 8 heteroatoms. The molecule has 3 aromatic rings. The van der Waals surface area contributed by atoms with Crippen LogP contribution in [0.15, 0.2) is 36.7 Å². The number of anilines is 1. The number of nitrogens with zero attached hydrogens (tertiary/aromatic N) is 5. The smallest absolute Gasteiger partial charge is 0.274 e. The Morgan fingerprint density at radius 1 is 1.21 bits per heavy atom. The van der Waals surface area contributed by atoms with Crippen LogP contribution >= 0.6 is 0 Å². The molecule has 0 radical (unpaired) electrons. The van der Waals surface area contributed by atoms with Gasteiger partial charge < -0.3 is 14.8 Å². The highest BCUT2D eigenvalue weighted by molar-refractivity contribution is 5.92. The third-order valence-electron chi connectivity index (χ3n) is 4.22. The van der Waals surface area contributed by atoms with Gasteiger partial charge in [-0.3, -0.25) is 9.89 Å². The number of carbonyl (C=O) groups excluding carboxylic acids is 1. The Morgan fingerprint density at radius 2 is 2.04 bits per heavy atom. The fraction of sp³-hybridized carbons (Fsp3) is 0.312. The average molecular weight is 325 g/mol. The van der Waals surface area contributed by atoms with Crippen molar-refractivity contribution < 1.29 is 4.79 Å². The summed E-state index contributed by atoms with van der Waals surface area (Å²) in [6, 6.07) is 7.65. The van der Waals surface area contributed by atoms with Gasteiger partial charge >= 0.3 is 0 Å². The number of amides is 1. The second-order valence-corrected chi connectivity index (χ2v) is 5.89. The van der Waals surface area contributed by atoms with E-state index in [0.717, 1.165) is 24.6 Å². The predicted octanol–water partition coefficient (Wildman–Crippen LogP) is 1.19. The lowest BCUT2D eigenvalue weighted by atomic mass is 10.3. The number of hydrogen-bond donors (Lipinski definition) is 2. The van der Waals surface area contributed by atoms with Crippen molar-refractivity contribution in [1.29, 1.82) is 0 Å². The van der Waals surface area contributed by atoms with E-state index in [0.29, 0.717) is 24.6 Å². The summed E-state index contributed by atoms with van der Waals surface area (Å²) < 4.78 is 1.62. The van der Waals surface area contributed by atoms with Gasteiger partial charge in [0.15, 0.2) is 11.5 Å². The van der Waals surface area contributed by atoms with E-state index >= 15 is 0 Å². The predicted molar refractivity (Wildman–Crippen MR) is 89.4 cm³/mol. The maximum Gasteiger partial charge on any atom is 0.274 e. The largest absolute Gasteiger partial charge is 0.355 e. The quantitative estimate of drug-likeness (QED) is 0.757. The fourth-order valence-corrected chi connectivity index (χ4v) is 2.92. The van der Waals surface area contributed by atoms with Crippen molar-refractivity contribution in [2.45, 2.75) is 6.92 Å². The molecule has 0 bridgehead atoms. The van der Waals surface area contributed by atoms with Crippen LogP contribution < -0.4 is 4.90 Å². The molecule has 0 unspecified atom stereocenters. The molecule has 3 aromatic heterocycles. The molecule has 4 rings (SSSR count). The van der Waals surface area contributed by atoms with Gasteiger partial charge in [-0.1, -0.05) is 0 Å². The number of aromatic nitrogens is 5. The Hall–Kier alpha value is -3.03. The molecule has 24 heavy (non-hydrogen) atoms. The molecule has 124 valence electrons. The minimum absolute atomic E-state index is 0.0351. The molecule has 1 amide bonds. The van der Waals surface area contributed by atoms with Crippen LogP contribution in [0.3, 0.4) is 0 Å². The van der Waals surface area contributed by atoms with Gasteiger partial charge in [0.25, 0.3) is 5.91 Å². The van der Waals surface area contributed by atoms with Crippen molar-refractivity contribution in [2.75, 3.05) is 31.1 Å². The van der Waals surface area contributed by atoms with Gasteiger partial charge in [0, 0.05) is 50.3 Å². The van der Waals surface area contributed by atoms with Gasteiger partial charge in [0.2, 0.25) is 0 Å². The molecule has 1 fully saturated rings. The van der Waals surface area contributed by atoms with E-state index in [4.69, 9.17) is 0 Å². The van der Waals surface area contributed by atoms with E-state index in [9.17, 15) is 4.79 Å². The minimum atomic E-state index is -0.0351. The van der Waals surface area contributed by atoms with E-state index in [1.54, 1.807) is 16.9 Å². The third-order valence-corrected chi connectivity index (χ3v) is 4.22. The number of nitrogens with one attached hydrogen (secondary N) is 2. The highest BCUT2D eigenvalue weighted by atomic mass is 16.2. The van der Waals surface area contributed by atoms with Gasteiger partial charge in [-0.25, -0.2) is 4.68 Å². The van der Waals surface area contributed by atoms with Crippen LogP contribution in [0, 0.1) is 6.92 Å². The Balaban J connectivity index is 1.42. The third kappa shape index (κ3) is 2.66. The van der Waals surface area contributed by atoms with E-state index in [1.807, 2.05) is 36.2 Å². The van der Waals surface area contributed by atoms with Gasteiger partial charge in [0.05, 0.1) is 0 Å². The normalized spacial score (nSPS) is 15.0. The number of aryl methyl sites for hydroxylation is 1. The lowest BCUT2D eigenvalue weighted by molar-refractivity contribution is 0.0740. The lowest BCUT2D eigenvalue weighted by Crippen LogP contribution is -2.49. The first kappa shape index (κ1) is 14.6. The minimum Gasteiger partial charge on any atom is -0.355 e. The zero-order valence-electron chi connectivity index (χ0n) is 13.4. The molecule has 0 aromatic carbocycles. The number of rotatable bonds is 3. The van der Waals surface area contributed by atoms with Gasteiger partial charge in [-0.15, -0.1) is 0 Å². The van der Waals surface area contributed by atoms with Crippen LogP contribution in [0.25, 0.3) is 5.82 Å². The van der Waals surface area contributed by atoms with Crippen molar-refractivity contribution in [2.24, 2.45) is 0 Å². The number of aromatic amines is 2. The summed E-state index contributed by atoms with van der Waals surface area (Å²) >= 11 is 0. The van der Waals surface area contributed by atoms with Crippen molar-refractivity contribution in [3.63, 3.8) is 0 Å². The van der Waals surface area contributed by atoms with E-state index in [1.165, 1.54) is 0 Å². The van der Waals surface area contributed by atoms with E-state index in [2.05, 4.69) is 25.2 Å². The summed E-state index contributed by atoms with van der Waals surface area (Å²) in [5, 5.41) is 11.4. The molecule has 2 N–H and O–H groups in total. The molecule has 0 saturated carbocycles. The zero-order valence-corrected chi connectivity index (χ0v) is 13.4. The molecule has 0 aliphatic carbocycles. The van der Waals surface area contributed by atoms with Crippen LogP contribution in [0.1, 0.15) is 16.2 Å². The molecule has 1 aliphatic rings. The number of hydrogen-bond acceptors (Lipinski definition) is 4. The maximum absolute atomic E-state index is 12.6. The van der Waals surface area contributed by atoms with Crippen molar-refractivity contribution in [1.82, 2.24) is 29.9 Å². The van der Waals surface area contributed by atoms with E-state index < -0.39 is 0 Å². The van der Waals surface area contributed by atoms with Crippen LogP contribution in [-0.2, 0) is 0 Å². The topological polar surface area (TPSA) is 85.8 Å². The van der Waals surface area contributed by atoms with Crippen LogP contribution in [-0.4, -0.2) is 61.9 Å².